The Morgan fingerprint density at radius 1 is 1.06 bits per heavy atom. The van der Waals surface area contributed by atoms with Gasteiger partial charge in [0.25, 0.3) is 0 Å². The molecule has 0 bridgehead atoms. The van der Waals surface area contributed by atoms with Crippen LogP contribution in [0, 0.1) is 0 Å². The molecule has 1 unspecified atom stereocenters. The van der Waals surface area contributed by atoms with Crippen molar-refractivity contribution < 1.29 is 19.0 Å². The number of fused-ring (bicyclic) bond motifs is 1. The average Bonchev–Trinajstić information content (AvgIpc) is 3.12. The standard InChI is InChI=1S/C25H32N4O5/c1-27-19-6-4-5-7-20(19)29(25(27)31)11-10-24(30)26-17-21(28-12-14-34-15-13-28)18-8-9-22(32-2)23(16-18)33-3/h4-9,16,21H,10-15,17H2,1-3H3,(H,26,30). The molecule has 9 heteroatoms. The van der Waals surface area contributed by atoms with Gasteiger partial charge in [0.15, 0.2) is 11.5 Å². The van der Waals surface area contributed by atoms with Gasteiger partial charge in [-0.1, -0.05) is 18.2 Å². The van der Waals surface area contributed by atoms with E-state index in [2.05, 4.69) is 10.2 Å². The summed E-state index contributed by atoms with van der Waals surface area (Å²) in [5.41, 5.74) is 2.60. The van der Waals surface area contributed by atoms with Gasteiger partial charge in [0.2, 0.25) is 5.91 Å². The second kappa shape index (κ2) is 10.8. The average molecular weight is 469 g/mol. The maximum atomic E-state index is 12.8. The van der Waals surface area contributed by atoms with E-state index in [1.807, 2.05) is 42.5 Å². The number of para-hydroxylation sites is 2. The van der Waals surface area contributed by atoms with Crippen molar-refractivity contribution in [3.05, 3.63) is 58.5 Å². The van der Waals surface area contributed by atoms with E-state index >= 15 is 0 Å². The molecule has 9 nitrogen and oxygen atoms in total. The largest absolute Gasteiger partial charge is 0.493 e. The number of imidazole rings is 1. The highest BCUT2D eigenvalue weighted by molar-refractivity contribution is 5.78. The number of hydrogen-bond acceptors (Lipinski definition) is 6. The molecule has 34 heavy (non-hydrogen) atoms. The fraction of sp³-hybridized carbons (Fsp3) is 0.440. The number of nitrogens with one attached hydrogen (secondary N) is 1. The molecule has 1 aliphatic rings. The Bertz CT molecular complexity index is 1200. The Kier molecular flexibility index (Phi) is 7.54. The molecule has 2 heterocycles. The lowest BCUT2D eigenvalue weighted by Crippen LogP contribution is -2.44. The van der Waals surface area contributed by atoms with Crippen LogP contribution in [0.3, 0.4) is 0 Å². The Labute approximate surface area is 198 Å². The van der Waals surface area contributed by atoms with Crippen LogP contribution < -0.4 is 20.5 Å². The number of carbonyl (C=O) groups is 1. The third-order valence-corrected chi connectivity index (χ3v) is 6.39. The Morgan fingerprint density at radius 3 is 2.47 bits per heavy atom. The van der Waals surface area contributed by atoms with Gasteiger partial charge in [0, 0.05) is 39.6 Å². The van der Waals surface area contributed by atoms with Gasteiger partial charge in [-0.25, -0.2) is 4.79 Å². The minimum atomic E-state index is -0.120. The van der Waals surface area contributed by atoms with Gasteiger partial charge in [0.1, 0.15) is 0 Å². The quantitative estimate of drug-likeness (QED) is 0.517. The molecule has 1 aliphatic heterocycles. The van der Waals surface area contributed by atoms with Gasteiger partial charge >= 0.3 is 5.69 Å². The molecule has 1 aromatic heterocycles. The Balaban J connectivity index is 1.46. The number of nitrogens with zero attached hydrogens (tertiary/aromatic N) is 3. The third kappa shape index (κ3) is 4.95. The van der Waals surface area contributed by atoms with E-state index in [0.717, 1.165) is 29.7 Å². The summed E-state index contributed by atoms with van der Waals surface area (Å²) in [6.07, 6.45) is 0.218. The second-order valence-corrected chi connectivity index (χ2v) is 8.31. The van der Waals surface area contributed by atoms with Crippen LogP contribution in [0.2, 0.25) is 0 Å². The van der Waals surface area contributed by atoms with Gasteiger partial charge in [-0.3, -0.25) is 18.8 Å². The Morgan fingerprint density at radius 2 is 1.76 bits per heavy atom. The summed E-state index contributed by atoms with van der Waals surface area (Å²) in [6.45, 7) is 3.63. The number of carbonyl (C=O) groups excluding carboxylic acids is 1. The van der Waals surface area contributed by atoms with Crippen molar-refractivity contribution in [3.63, 3.8) is 0 Å². The lowest BCUT2D eigenvalue weighted by atomic mass is 10.0. The third-order valence-electron chi connectivity index (χ3n) is 6.39. The van der Waals surface area contributed by atoms with Gasteiger partial charge in [0.05, 0.1) is 44.5 Å². The van der Waals surface area contributed by atoms with Crippen molar-refractivity contribution in [2.75, 3.05) is 47.1 Å². The predicted molar refractivity (Wildman–Crippen MR) is 129 cm³/mol. The van der Waals surface area contributed by atoms with Crippen LogP contribution in [0.15, 0.2) is 47.3 Å². The van der Waals surface area contributed by atoms with Crippen molar-refractivity contribution in [1.82, 2.24) is 19.4 Å². The van der Waals surface area contributed by atoms with Crippen molar-refractivity contribution in [1.29, 1.82) is 0 Å². The zero-order valence-electron chi connectivity index (χ0n) is 20.0. The summed E-state index contributed by atoms with van der Waals surface area (Å²) in [6, 6.07) is 13.4. The topological polar surface area (TPSA) is 87.0 Å². The van der Waals surface area contributed by atoms with E-state index in [4.69, 9.17) is 14.2 Å². The summed E-state index contributed by atoms with van der Waals surface area (Å²) in [5, 5.41) is 3.07. The molecule has 182 valence electrons. The van der Waals surface area contributed by atoms with E-state index in [-0.39, 0.29) is 24.1 Å². The number of hydrogen-bond donors (Lipinski definition) is 1. The molecule has 3 aromatic rings. The van der Waals surface area contributed by atoms with E-state index in [1.54, 1.807) is 30.4 Å². The van der Waals surface area contributed by atoms with Gasteiger partial charge in [-0.05, 0) is 29.8 Å². The van der Waals surface area contributed by atoms with Crippen LogP contribution >= 0.6 is 0 Å². The second-order valence-electron chi connectivity index (χ2n) is 8.31. The first-order valence-electron chi connectivity index (χ1n) is 11.5. The first kappa shape index (κ1) is 23.8. The fourth-order valence-electron chi connectivity index (χ4n) is 4.50. The van der Waals surface area contributed by atoms with Gasteiger partial charge in [-0.15, -0.1) is 0 Å². The molecule has 4 rings (SSSR count). The minimum Gasteiger partial charge on any atom is -0.493 e. The first-order chi connectivity index (χ1) is 16.5. The van der Waals surface area contributed by atoms with Crippen LogP contribution in [0.25, 0.3) is 11.0 Å². The molecule has 1 atom stereocenters. The maximum absolute atomic E-state index is 12.8. The Hall–Kier alpha value is -3.30. The van der Waals surface area contributed by atoms with Crippen LogP contribution in [0.1, 0.15) is 18.0 Å². The molecule has 1 saturated heterocycles. The number of methoxy groups -OCH3 is 2. The van der Waals surface area contributed by atoms with E-state index < -0.39 is 0 Å². The highest BCUT2D eigenvalue weighted by Gasteiger charge is 2.24. The summed E-state index contributed by atoms with van der Waals surface area (Å²) < 4.78 is 19.6. The van der Waals surface area contributed by atoms with E-state index in [0.29, 0.717) is 37.8 Å². The molecule has 0 radical (unpaired) electrons. The summed E-state index contributed by atoms with van der Waals surface area (Å²) in [7, 11) is 4.97. The minimum absolute atomic E-state index is 0.0343. The lowest BCUT2D eigenvalue weighted by molar-refractivity contribution is -0.121. The molecule has 0 spiro atoms. The number of ether oxygens (including phenoxy) is 3. The number of morpholine rings is 1. The number of aromatic nitrogens is 2. The van der Waals surface area contributed by atoms with Crippen molar-refractivity contribution in [3.8, 4) is 11.5 Å². The number of benzene rings is 2. The molecule has 1 N–H and O–H groups in total. The number of rotatable bonds is 9. The normalized spacial score (nSPS) is 15.3. The summed E-state index contributed by atoms with van der Waals surface area (Å²) in [5.74, 6) is 1.22. The number of amides is 1. The zero-order chi connectivity index (χ0) is 24.1. The number of aryl methyl sites for hydroxylation is 2. The van der Waals surface area contributed by atoms with Crippen LogP contribution in [-0.2, 0) is 23.1 Å². The van der Waals surface area contributed by atoms with Crippen LogP contribution in [-0.4, -0.2) is 67.0 Å². The molecule has 1 amide bonds. The highest BCUT2D eigenvalue weighted by atomic mass is 16.5. The lowest BCUT2D eigenvalue weighted by Gasteiger charge is -2.35. The zero-order valence-corrected chi connectivity index (χ0v) is 20.0. The van der Waals surface area contributed by atoms with E-state index in [9.17, 15) is 9.59 Å². The molecule has 1 fully saturated rings. The summed E-state index contributed by atoms with van der Waals surface area (Å²) in [4.78, 5) is 27.7. The fourth-order valence-corrected chi connectivity index (χ4v) is 4.50. The smallest absolute Gasteiger partial charge is 0.328 e. The van der Waals surface area contributed by atoms with Gasteiger partial charge < -0.3 is 19.5 Å². The predicted octanol–water partition coefficient (Wildman–Crippen LogP) is 1.94. The molecule has 0 aliphatic carbocycles. The van der Waals surface area contributed by atoms with Crippen molar-refractivity contribution in [2.45, 2.75) is 19.0 Å². The van der Waals surface area contributed by atoms with Gasteiger partial charge in [-0.2, -0.15) is 0 Å². The highest BCUT2D eigenvalue weighted by Crippen LogP contribution is 2.32. The molecular formula is C25H32N4O5. The van der Waals surface area contributed by atoms with E-state index in [1.165, 1.54) is 0 Å². The molecule has 0 saturated carbocycles. The van der Waals surface area contributed by atoms with Crippen molar-refractivity contribution >= 4 is 16.9 Å². The SMILES string of the molecule is COc1ccc(C(CNC(=O)CCn2c(=O)n(C)c3ccccc32)N2CCOCC2)cc1OC. The van der Waals surface area contributed by atoms with Crippen LogP contribution in [0.5, 0.6) is 11.5 Å². The monoisotopic (exact) mass is 468 g/mol. The van der Waals surface area contributed by atoms with Crippen molar-refractivity contribution in [2.24, 2.45) is 7.05 Å². The first-order valence-corrected chi connectivity index (χ1v) is 11.5. The molecule has 2 aromatic carbocycles. The maximum Gasteiger partial charge on any atom is 0.328 e. The van der Waals surface area contributed by atoms with Crippen LogP contribution in [0.4, 0.5) is 0 Å². The summed E-state index contributed by atoms with van der Waals surface area (Å²) >= 11 is 0. The molecular weight excluding hydrogens is 436 g/mol.